The molecule has 0 bridgehead atoms. The molecule has 3 heterocycles. The lowest BCUT2D eigenvalue weighted by Gasteiger charge is -2.33. The third-order valence-corrected chi connectivity index (χ3v) is 6.09. The Kier molecular flexibility index (Phi) is 7.65. The van der Waals surface area contributed by atoms with Crippen molar-refractivity contribution in [3.8, 4) is 11.6 Å². The summed E-state index contributed by atoms with van der Waals surface area (Å²) in [6.07, 6.45) is 3.22. The van der Waals surface area contributed by atoms with E-state index in [9.17, 15) is 4.79 Å². The van der Waals surface area contributed by atoms with Crippen LogP contribution in [0.4, 0.5) is 4.79 Å². The molecule has 8 heteroatoms. The first-order valence-corrected chi connectivity index (χ1v) is 11.8. The van der Waals surface area contributed by atoms with E-state index in [2.05, 4.69) is 19.2 Å². The van der Waals surface area contributed by atoms with Crippen LogP contribution in [0.15, 0.2) is 24.3 Å². The molecule has 2 aliphatic heterocycles. The molecule has 2 aliphatic rings. The second-order valence-corrected chi connectivity index (χ2v) is 8.92. The molecule has 1 N–H and O–H groups in total. The van der Waals surface area contributed by atoms with Gasteiger partial charge < -0.3 is 24.4 Å². The van der Waals surface area contributed by atoms with Crippen LogP contribution in [0.5, 0.6) is 11.6 Å². The predicted molar refractivity (Wildman–Crippen MR) is 125 cm³/mol. The molecule has 0 saturated carbocycles. The largest absolute Gasteiger partial charge is 0.497 e. The number of fused-ring (bicyclic) bond motifs is 1. The fourth-order valence-electron chi connectivity index (χ4n) is 4.23. The van der Waals surface area contributed by atoms with E-state index in [0.29, 0.717) is 32.2 Å². The maximum absolute atomic E-state index is 12.8. The van der Waals surface area contributed by atoms with Gasteiger partial charge in [-0.2, -0.15) is 4.98 Å². The van der Waals surface area contributed by atoms with Gasteiger partial charge in [-0.05, 0) is 30.5 Å². The maximum atomic E-state index is 12.8. The minimum absolute atomic E-state index is 0.0797. The summed E-state index contributed by atoms with van der Waals surface area (Å²) in [5.74, 6) is 2.46. The van der Waals surface area contributed by atoms with Crippen LogP contribution >= 0.6 is 0 Å². The van der Waals surface area contributed by atoms with Gasteiger partial charge in [0.1, 0.15) is 17.7 Å². The summed E-state index contributed by atoms with van der Waals surface area (Å²) >= 11 is 0. The molecule has 33 heavy (non-hydrogen) atoms. The van der Waals surface area contributed by atoms with Crippen molar-refractivity contribution >= 4 is 6.03 Å². The van der Waals surface area contributed by atoms with Gasteiger partial charge in [-0.25, -0.2) is 9.78 Å². The number of urea groups is 1. The molecule has 2 aromatic rings. The van der Waals surface area contributed by atoms with Crippen molar-refractivity contribution < 1.29 is 19.0 Å². The Balaban J connectivity index is 1.41. The molecule has 8 nitrogen and oxygen atoms in total. The molecule has 0 radical (unpaired) electrons. The number of nitrogens with one attached hydrogen (secondary N) is 1. The minimum Gasteiger partial charge on any atom is -0.497 e. The first-order valence-electron chi connectivity index (χ1n) is 11.8. The second kappa shape index (κ2) is 10.8. The van der Waals surface area contributed by atoms with Gasteiger partial charge in [-0.1, -0.05) is 26.0 Å². The number of ether oxygens (including phenoxy) is 3. The lowest BCUT2D eigenvalue weighted by Crippen LogP contribution is -2.48. The van der Waals surface area contributed by atoms with Crippen molar-refractivity contribution in [2.24, 2.45) is 0 Å². The number of methoxy groups -OCH3 is 1. The van der Waals surface area contributed by atoms with E-state index in [1.165, 1.54) is 0 Å². The molecule has 0 spiro atoms. The third-order valence-electron chi connectivity index (χ3n) is 6.09. The molecular formula is C25H34N4O4. The normalized spacial score (nSPS) is 18.4. The zero-order chi connectivity index (χ0) is 23.2. The van der Waals surface area contributed by atoms with Gasteiger partial charge in [0.25, 0.3) is 0 Å². The van der Waals surface area contributed by atoms with E-state index in [4.69, 9.17) is 24.2 Å². The fraction of sp³-hybridized carbons (Fsp3) is 0.560. The zero-order valence-electron chi connectivity index (χ0n) is 19.8. The summed E-state index contributed by atoms with van der Waals surface area (Å²) in [5.41, 5.74) is 3.08. The van der Waals surface area contributed by atoms with Crippen molar-refractivity contribution in [2.45, 2.75) is 58.1 Å². The van der Waals surface area contributed by atoms with Crippen LogP contribution in [0.2, 0.25) is 0 Å². The van der Waals surface area contributed by atoms with Gasteiger partial charge in [-0.3, -0.25) is 0 Å². The van der Waals surface area contributed by atoms with E-state index < -0.39 is 0 Å². The molecule has 1 saturated heterocycles. The van der Waals surface area contributed by atoms with Gasteiger partial charge in [0.15, 0.2) is 0 Å². The van der Waals surface area contributed by atoms with Crippen molar-refractivity contribution in [3.05, 3.63) is 46.9 Å². The Morgan fingerprint density at radius 3 is 2.94 bits per heavy atom. The second-order valence-electron chi connectivity index (χ2n) is 8.92. The first kappa shape index (κ1) is 23.3. The molecule has 1 atom stereocenters. The monoisotopic (exact) mass is 454 g/mol. The lowest BCUT2D eigenvalue weighted by molar-refractivity contribution is 0.0959. The Morgan fingerprint density at radius 2 is 2.12 bits per heavy atom. The van der Waals surface area contributed by atoms with Crippen LogP contribution in [0.3, 0.4) is 0 Å². The van der Waals surface area contributed by atoms with E-state index in [-0.39, 0.29) is 18.1 Å². The van der Waals surface area contributed by atoms with Crippen LogP contribution in [0.1, 0.15) is 55.3 Å². The topological polar surface area (TPSA) is 85.8 Å². The highest BCUT2D eigenvalue weighted by Crippen LogP contribution is 2.27. The number of amides is 2. The highest BCUT2D eigenvalue weighted by atomic mass is 16.5. The fourth-order valence-corrected chi connectivity index (χ4v) is 4.23. The molecule has 1 fully saturated rings. The molecule has 0 unspecified atom stereocenters. The quantitative estimate of drug-likeness (QED) is 0.719. The highest BCUT2D eigenvalue weighted by molar-refractivity contribution is 5.74. The molecule has 2 amide bonds. The average molecular weight is 455 g/mol. The van der Waals surface area contributed by atoms with E-state index in [1.54, 1.807) is 7.11 Å². The van der Waals surface area contributed by atoms with Gasteiger partial charge in [0, 0.05) is 37.4 Å². The summed E-state index contributed by atoms with van der Waals surface area (Å²) in [6.45, 7) is 7.21. The number of rotatable bonds is 6. The molecule has 4 rings (SSSR count). The van der Waals surface area contributed by atoms with Crippen LogP contribution in [-0.4, -0.2) is 60.4 Å². The third kappa shape index (κ3) is 5.93. The van der Waals surface area contributed by atoms with Crippen molar-refractivity contribution in [2.75, 3.05) is 33.4 Å². The number of piperidine rings is 1. The Hall–Kier alpha value is -2.87. The number of carbonyl (C=O) groups excluding carboxylic acids is 1. The summed E-state index contributed by atoms with van der Waals surface area (Å²) < 4.78 is 17.3. The van der Waals surface area contributed by atoms with E-state index in [0.717, 1.165) is 60.6 Å². The lowest BCUT2D eigenvalue weighted by atomic mass is 10.1. The van der Waals surface area contributed by atoms with Crippen molar-refractivity contribution in [1.82, 2.24) is 20.2 Å². The molecule has 0 aliphatic carbocycles. The maximum Gasteiger partial charge on any atom is 0.317 e. The van der Waals surface area contributed by atoms with E-state index >= 15 is 0 Å². The minimum atomic E-state index is -0.0931. The molecule has 1 aromatic carbocycles. The van der Waals surface area contributed by atoms with Crippen molar-refractivity contribution in [3.63, 3.8) is 0 Å². The van der Waals surface area contributed by atoms with Crippen LogP contribution in [-0.2, 0) is 24.1 Å². The SMILES string of the molecule is COc1cccc(CNC(=O)N2CCC[C@H](Oc3nc(C(C)C)nc4c3CCOCC4)C2)c1. The summed E-state index contributed by atoms with van der Waals surface area (Å²) in [7, 11) is 1.64. The Bertz CT molecular complexity index is 965. The summed E-state index contributed by atoms with van der Waals surface area (Å²) in [6, 6.07) is 7.64. The zero-order valence-corrected chi connectivity index (χ0v) is 19.8. The Morgan fingerprint density at radius 1 is 1.27 bits per heavy atom. The predicted octanol–water partition coefficient (Wildman–Crippen LogP) is 3.48. The van der Waals surface area contributed by atoms with Gasteiger partial charge >= 0.3 is 6.03 Å². The number of carbonyl (C=O) groups is 1. The van der Waals surface area contributed by atoms with Gasteiger partial charge in [0.05, 0.1) is 32.6 Å². The highest BCUT2D eigenvalue weighted by Gasteiger charge is 2.27. The summed E-state index contributed by atoms with van der Waals surface area (Å²) in [4.78, 5) is 24.2. The van der Waals surface area contributed by atoms with Crippen molar-refractivity contribution in [1.29, 1.82) is 0 Å². The molecule has 178 valence electrons. The number of benzene rings is 1. The van der Waals surface area contributed by atoms with Crippen LogP contribution < -0.4 is 14.8 Å². The average Bonchev–Trinajstić information content (AvgIpc) is 3.08. The number of likely N-dealkylation sites (tertiary alicyclic amines) is 1. The number of hydrogen-bond acceptors (Lipinski definition) is 6. The first-order chi connectivity index (χ1) is 16.0. The van der Waals surface area contributed by atoms with E-state index in [1.807, 2.05) is 29.2 Å². The molecular weight excluding hydrogens is 420 g/mol. The smallest absolute Gasteiger partial charge is 0.317 e. The van der Waals surface area contributed by atoms with Gasteiger partial charge in [-0.15, -0.1) is 0 Å². The number of hydrogen-bond donors (Lipinski definition) is 1. The standard InChI is InChI=1S/C25H34N4O4/c1-17(2)23-27-22-10-13-32-12-9-21(22)24(28-23)33-20-8-5-11-29(16-20)25(30)26-15-18-6-4-7-19(14-18)31-3/h4,6-7,14,17,20H,5,8-13,15-16H2,1-3H3,(H,26,30)/t20-/m0/s1. The number of aromatic nitrogens is 2. The van der Waals surface area contributed by atoms with Crippen LogP contribution in [0, 0.1) is 0 Å². The van der Waals surface area contributed by atoms with Crippen LogP contribution in [0.25, 0.3) is 0 Å². The number of nitrogens with zero attached hydrogens (tertiary/aromatic N) is 3. The Labute approximate surface area is 195 Å². The van der Waals surface area contributed by atoms with Gasteiger partial charge in [0.2, 0.25) is 5.88 Å². The summed E-state index contributed by atoms with van der Waals surface area (Å²) in [5, 5.41) is 3.02. The molecule has 1 aromatic heterocycles.